The fraction of sp³-hybridized carbons (Fsp3) is 0.148. The molecule has 0 unspecified atom stereocenters. The minimum atomic E-state index is -1.32. The Bertz CT molecular complexity index is 1350. The number of nitrogens with zero attached hydrogens (tertiary/aromatic N) is 2. The number of ether oxygens (including phenoxy) is 1. The average molecular weight is 440 g/mol. The normalized spacial score (nSPS) is 11.7. The number of aryl methyl sites for hydroxylation is 1. The number of fused-ring (bicyclic) bond motifs is 1. The number of rotatable bonds is 7. The van der Waals surface area contributed by atoms with Crippen LogP contribution in [-0.4, -0.2) is 32.0 Å². The van der Waals surface area contributed by atoms with Gasteiger partial charge in [0.1, 0.15) is 5.75 Å². The Kier molecular flexibility index (Phi) is 5.84. The maximum absolute atomic E-state index is 13.2. The first-order valence-corrected chi connectivity index (χ1v) is 10.5. The number of para-hydroxylation sites is 2. The smallest absolute Gasteiger partial charge is 0.347 e. The summed E-state index contributed by atoms with van der Waals surface area (Å²) in [6.07, 6.45) is 3.68. The summed E-state index contributed by atoms with van der Waals surface area (Å²) in [5.41, 5.74) is 2.76. The molecule has 0 fully saturated rings. The Morgan fingerprint density at radius 2 is 1.64 bits per heavy atom. The lowest BCUT2D eigenvalue weighted by Gasteiger charge is -2.21. The Morgan fingerprint density at radius 1 is 0.970 bits per heavy atom. The van der Waals surface area contributed by atoms with Crippen molar-refractivity contribution >= 4 is 35.1 Å². The molecule has 0 saturated heterocycles. The van der Waals surface area contributed by atoms with Crippen LogP contribution in [0.4, 0.5) is 0 Å². The molecular weight excluding hydrogens is 416 g/mol. The van der Waals surface area contributed by atoms with E-state index >= 15 is 0 Å². The molecule has 3 aromatic carbocycles. The Labute approximate surface area is 191 Å². The van der Waals surface area contributed by atoms with Crippen molar-refractivity contribution < 1.29 is 19.4 Å². The van der Waals surface area contributed by atoms with Crippen LogP contribution in [0.15, 0.2) is 72.8 Å². The van der Waals surface area contributed by atoms with Gasteiger partial charge in [0.15, 0.2) is 11.4 Å². The summed E-state index contributed by atoms with van der Waals surface area (Å²) in [7, 11) is 0. The first-order valence-electron chi connectivity index (χ1n) is 10.5. The monoisotopic (exact) mass is 440 g/mol. The molecule has 0 aliphatic rings. The van der Waals surface area contributed by atoms with E-state index < -0.39 is 11.6 Å². The highest BCUT2D eigenvalue weighted by Gasteiger charge is 2.29. The van der Waals surface area contributed by atoms with E-state index in [4.69, 9.17) is 4.74 Å². The summed E-state index contributed by atoms with van der Waals surface area (Å²) in [5, 5.41) is 9.23. The number of carbonyl (C=O) groups is 2. The second-order valence-corrected chi connectivity index (χ2v) is 8.29. The van der Waals surface area contributed by atoms with Gasteiger partial charge in [0.05, 0.1) is 11.0 Å². The van der Waals surface area contributed by atoms with E-state index in [2.05, 4.69) is 4.98 Å². The predicted octanol–water partition coefficient (Wildman–Crippen LogP) is 5.45. The molecule has 0 atom stereocenters. The number of ketones is 1. The van der Waals surface area contributed by atoms with Crippen LogP contribution in [0.2, 0.25) is 0 Å². The summed E-state index contributed by atoms with van der Waals surface area (Å²) >= 11 is 0. The number of carboxylic acids is 1. The lowest BCUT2D eigenvalue weighted by molar-refractivity contribution is -0.152. The number of aromatic nitrogens is 2. The molecule has 1 aromatic heterocycles. The van der Waals surface area contributed by atoms with Crippen LogP contribution in [0.5, 0.6) is 5.75 Å². The van der Waals surface area contributed by atoms with Crippen molar-refractivity contribution in [3.05, 3.63) is 95.3 Å². The van der Waals surface area contributed by atoms with Gasteiger partial charge in [-0.2, -0.15) is 0 Å². The van der Waals surface area contributed by atoms with E-state index in [0.29, 0.717) is 17.1 Å². The molecule has 0 aliphatic heterocycles. The number of carbonyl (C=O) groups excluding carboxylic acids is 1. The van der Waals surface area contributed by atoms with Crippen LogP contribution < -0.4 is 4.74 Å². The molecule has 1 N–H and O–H groups in total. The number of carboxylic acid groups (broad SMARTS) is 1. The van der Waals surface area contributed by atoms with E-state index in [1.54, 1.807) is 16.7 Å². The van der Waals surface area contributed by atoms with E-state index in [0.717, 1.165) is 22.2 Å². The summed E-state index contributed by atoms with van der Waals surface area (Å²) in [6, 6.07) is 22.1. The van der Waals surface area contributed by atoms with Crippen LogP contribution in [0.1, 0.15) is 41.2 Å². The minimum absolute atomic E-state index is 0.157. The van der Waals surface area contributed by atoms with Gasteiger partial charge in [0.25, 0.3) is 0 Å². The highest BCUT2D eigenvalue weighted by molar-refractivity contribution is 6.09. The van der Waals surface area contributed by atoms with Gasteiger partial charge in [0.2, 0.25) is 5.78 Å². The fourth-order valence-corrected chi connectivity index (χ4v) is 3.34. The molecule has 0 bridgehead atoms. The fourth-order valence-electron chi connectivity index (χ4n) is 3.34. The third-order valence-electron chi connectivity index (χ3n) is 5.30. The molecule has 0 radical (unpaired) electrons. The van der Waals surface area contributed by atoms with Crippen molar-refractivity contribution in [1.82, 2.24) is 9.55 Å². The van der Waals surface area contributed by atoms with E-state index in [9.17, 15) is 14.7 Å². The maximum Gasteiger partial charge on any atom is 0.347 e. The van der Waals surface area contributed by atoms with Gasteiger partial charge >= 0.3 is 5.97 Å². The van der Waals surface area contributed by atoms with Crippen LogP contribution >= 0.6 is 0 Å². The summed E-state index contributed by atoms with van der Waals surface area (Å²) < 4.78 is 7.34. The Morgan fingerprint density at radius 3 is 2.30 bits per heavy atom. The van der Waals surface area contributed by atoms with E-state index in [1.165, 1.54) is 13.8 Å². The molecule has 0 amide bonds. The molecule has 0 saturated carbocycles. The van der Waals surface area contributed by atoms with Crippen LogP contribution in [-0.2, 0) is 4.79 Å². The van der Waals surface area contributed by atoms with Gasteiger partial charge in [-0.15, -0.1) is 0 Å². The number of hydrogen-bond donors (Lipinski definition) is 1. The Hall–Kier alpha value is -4.19. The molecular formula is C27H24N2O4. The van der Waals surface area contributed by atoms with Crippen LogP contribution in [0.25, 0.3) is 23.3 Å². The van der Waals surface area contributed by atoms with Crippen LogP contribution in [0.3, 0.4) is 0 Å². The van der Waals surface area contributed by atoms with Gasteiger partial charge < -0.3 is 9.84 Å². The number of hydrogen-bond acceptors (Lipinski definition) is 4. The quantitative estimate of drug-likeness (QED) is 0.387. The molecule has 6 nitrogen and oxygen atoms in total. The molecule has 4 aromatic rings. The van der Waals surface area contributed by atoms with Crippen molar-refractivity contribution in [3.63, 3.8) is 0 Å². The highest BCUT2D eigenvalue weighted by atomic mass is 16.5. The molecule has 33 heavy (non-hydrogen) atoms. The van der Waals surface area contributed by atoms with Gasteiger partial charge in [-0.25, -0.2) is 9.78 Å². The van der Waals surface area contributed by atoms with Gasteiger partial charge in [-0.1, -0.05) is 54.1 Å². The van der Waals surface area contributed by atoms with Crippen molar-refractivity contribution in [1.29, 1.82) is 0 Å². The van der Waals surface area contributed by atoms with Gasteiger partial charge in [-0.3, -0.25) is 9.36 Å². The highest BCUT2D eigenvalue weighted by Crippen LogP contribution is 2.22. The molecule has 0 aliphatic carbocycles. The largest absolute Gasteiger partial charge is 0.478 e. The zero-order valence-electron chi connectivity index (χ0n) is 18.6. The van der Waals surface area contributed by atoms with E-state index in [-0.39, 0.29) is 5.78 Å². The standard InChI is InChI=1S/C27H24N2O4/c1-18-8-12-20(13-9-18)24(30)25-28-22-6-4-5-7-23(22)29(25)17-16-19-10-14-21(15-11-19)33-27(2,3)26(31)32/h4-17H,1-3H3,(H,31,32)/b17-16+. The van der Waals surface area contributed by atoms with Gasteiger partial charge in [-0.05, 0) is 56.7 Å². The molecule has 1 heterocycles. The third-order valence-corrected chi connectivity index (χ3v) is 5.30. The first kappa shape index (κ1) is 22.0. The lowest BCUT2D eigenvalue weighted by Crippen LogP contribution is -2.37. The van der Waals surface area contributed by atoms with E-state index in [1.807, 2.05) is 79.9 Å². The minimum Gasteiger partial charge on any atom is -0.478 e. The molecule has 0 spiro atoms. The zero-order chi connectivity index (χ0) is 23.6. The topological polar surface area (TPSA) is 81.4 Å². The van der Waals surface area contributed by atoms with Crippen molar-refractivity contribution in [2.45, 2.75) is 26.4 Å². The van der Waals surface area contributed by atoms with Crippen LogP contribution in [0, 0.1) is 6.92 Å². The molecule has 166 valence electrons. The van der Waals surface area contributed by atoms with Crippen molar-refractivity contribution in [2.24, 2.45) is 0 Å². The summed E-state index contributed by atoms with van der Waals surface area (Å²) in [5.74, 6) is -0.401. The zero-order valence-corrected chi connectivity index (χ0v) is 18.6. The third kappa shape index (κ3) is 4.70. The lowest BCUT2D eigenvalue weighted by atomic mass is 10.1. The molecule has 4 rings (SSSR count). The maximum atomic E-state index is 13.2. The predicted molar refractivity (Wildman–Crippen MR) is 128 cm³/mol. The average Bonchev–Trinajstić information content (AvgIpc) is 3.17. The van der Waals surface area contributed by atoms with Gasteiger partial charge in [0, 0.05) is 11.8 Å². The van der Waals surface area contributed by atoms with Crippen molar-refractivity contribution in [3.8, 4) is 5.75 Å². The summed E-state index contributed by atoms with van der Waals surface area (Å²) in [4.78, 5) is 29.1. The SMILES string of the molecule is Cc1ccc(C(=O)c2nc3ccccc3n2/C=C/c2ccc(OC(C)(C)C(=O)O)cc2)cc1. The Balaban J connectivity index is 1.65. The number of imidazole rings is 1. The number of benzene rings is 3. The van der Waals surface area contributed by atoms with Crippen molar-refractivity contribution in [2.75, 3.05) is 0 Å². The second-order valence-electron chi connectivity index (χ2n) is 8.29. The first-order chi connectivity index (χ1) is 15.7. The second kappa shape index (κ2) is 8.74. The number of aliphatic carboxylic acids is 1. The summed E-state index contributed by atoms with van der Waals surface area (Å²) in [6.45, 7) is 4.98. The molecule has 6 heteroatoms.